The van der Waals surface area contributed by atoms with E-state index in [0.717, 1.165) is 10.2 Å². The second kappa shape index (κ2) is 11.2. The molecule has 3 aromatic carbocycles. The van der Waals surface area contributed by atoms with Gasteiger partial charge in [0.05, 0.1) is 39.1 Å². The van der Waals surface area contributed by atoms with Gasteiger partial charge < -0.3 is 10.6 Å². The van der Waals surface area contributed by atoms with Crippen LogP contribution in [0.3, 0.4) is 0 Å². The monoisotopic (exact) mass is 567 g/mol. The second-order valence-corrected chi connectivity index (χ2v) is 9.33. The van der Waals surface area contributed by atoms with Gasteiger partial charge in [0.2, 0.25) is 0 Å². The molecule has 0 spiro atoms. The van der Waals surface area contributed by atoms with Crippen LogP contribution in [-0.2, 0) is 6.54 Å². The van der Waals surface area contributed by atoms with E-state index in [2.05, 4.69) is 32.0 Å². The van der Waals surface area contributed by atoms with Crippen molar-refractivity contribution in [3.63, 3.8) is 0 Å². The number of nitriles is 1. The Morgan fingerprint density at radius 2 is 1.77 bits per heavy atom. The number of alkyl halides is 2. The number of pyridine rings is 1. The first-order valence-electron chi connectivity index (χ1n) is 11.6. The van der Waals surface area contributed by atoms with Crippen LogP contribution >= 0.6 is 23.2 Å². The minimum Gasteiger partial charge on any atom is -0.373 e. The quantitative estimate of drug-likeness (QED) is 0.203. The number of nitrogens with zero attached hydrogens (tertiary/aromatic N) is 5. The Hall–Kier alpha value is -4.33. The molecule has 0 bridgehead atoms. The Balaban J connectivity index is 1.59. The van der Waals surface area contributed by atoms with Gasteiger partial charge in [-0.3, -0.25) is 4.98 Å². The Morgan fingerprint density at radius 1 is 1.00 bits per heavy atom. The lowest BCUT2D eigenvalue weighted by Crippen LogP contribution is -2.13. The molecule has 196 valence electrons. The molecule has 0 aliphatic carbocycles. The molecular weight excluding hydrogens is 550 g/mol. The van der Waals surface area contributed by atoms with Crippen molar-refractivity contribution in [3.8, 4) is 6.07 Å². The molecule has 2 aromatic heterocycles. The van der Waals surface area contributed by atoms with Crippen molar-refractivity contribution in [3.05, 3.63) is 106 Å². The third-order valence-electron chi connectivity index (χ3n) is 5.86. The molecule has 0 saturated heterocycles. The zero-order valence-electron chi connectivity index (χ0n) is 19.9. The number of hydrogen-bond acceptors (Lipinski definition) is 6. The standard InChI is InChI=1S/C27H18Cl2F3N7/c28-20-9-17(6-7-22(20)30)35-25-16(11-33)12-34-27-19(25)8-18(10-21(27)29)36-26(15-4-2-1-3-5-15)23-13-39(38-37-23)14-24(31)32/h1-10,12-13,24,26,36H,14H2,(H,34,35)/t26-/m0/s1. The van der Waals surface area contributed by atoms with Crippen molar-refractivity contribution in [2.24, 2.45) is 0 Å². The van der Waals surface area contributed by atoms with E-state index in [0.29, 0.717) is 38.7 Å². The Kier molecular flexibility index (Phi) is 7.54. The summed E-state index contributed by atoms with van der Waals surface area (Å²) in [6.07, 6.45) is 0.272. The normalized spacial score (nSPS) is 11.9. The number of fused-ring (bicyclic) bond motifs is 1. The first-order valence-corrected chi connectivity index (χ1v) is 12.3. The minimum atomic E-state index is -2.58. The fourth-order valence-corrected chi connectivity index (χ4v) is 4.55. The van der Waals surface area contributed by atoms with Gasteiger partial charge in [0, 0.05) is 23.0 Å². The summed E-state index contributed by atoms with van der Waals surface area (Å²) in [6.45, 7) is -0.582. The lowest BCUT2D eigenvalue weighted by molar-refractivity contribution is 0.121. The molecule has 5 aromatic rings. The second-order valence-electron chi connectivity index (χ2n) is 8.51. The highest BCUT2D eigenvalue weighted by atomic mass is 35.5. The summed E-state index contributed by atoms with van der Waals surface area (Å²) in [6, 6.07) is 18.4. The van der Waals surface area contributed by atoms with Gasteiger partial charge in [0.15, 0.2) is 0 Å². The molecule has 12 heteroatoms. The Bertz CT molecular complexity index is 1690. The predicted molar refractivity (Wildman–Crippen MR) is 144 cm³/mol. The molecule has 0 amide bonds. The van der Waals surface area contributed by atoms with Crippen LogP contribution in [0.15, 0.2) is 73.1 Å². The molecule has 0 saturated carbocycles. The first kappa shape index (κ1) is 26.3. The van der Waals surface area contributed by atoms with Crippen LogP contribution in [0.1, 0.15) is 22.9 Å². The SMILES string of the molecule is N#Cc1cnc2c(Cl)cc(N[C@@H](c3ccccc3)c3cn(CC(F)F)nn3)cc2c1Nc1ccc(F)c(Cl)c1. The lowest BCUT2D eigenvalue weighted by Gasteiger charge is -2.20. The van der Waals surface area contributed by atoms with E-state index in [1.165, 1.54) is 30.6 Å². The molecular formula is C27H18Cl2F3N7. The molecule has 0 radical (unpaired) electrons. The first-order chi connectivity index (χ1) is 18.8. The number of halogens is 5. The van der Waals surface area contributed by atoms with Crippen LogP contribution in [0.2, 0.25) is 10.0 Å². The van der Waals surface area contributed by atoms with Gasteiger partial charge >= 0.3 is 0 Å². The minimum absolute atomic E-state index is 0.0807. The highest BCUT2D eigenvalue weighted by molar-refractivity contribution is 6.36. The molecule has 0 unspecified atom stereocenters. The summed E-state index contributed by atoms with van der Waals surface area (Å²) in [4.78, 5) is 4.35. The van der Waals surface area contributed by atoms with Gasteiger partial charge in [-0.25, -0.2) is 17.9 Å². The van der Waals surface area contributed by atoms with Crippen molar-refractivity contribution < 1.29 is 13.2 Å². The highest BCUT2D eigenvalue weighted by Gasteiger charge is 2.21. The van der Waals surface area contributed by atoms with Gasteiger partial charge in [-0.05, 0) is 35.9 Å². The van der Waals surface area contributed by atoms with E-state index in [9.17, 15) is 18.4 Å². The van der Waals surface area contributed by atoms with Crippen LogP contribution < -0.4 is 10.6 Å². The van der Waals surface area contributed by atoms with Crippen molar-refractivity contribution in [2.75, 3.05) is 10.6 Å². The molecule has 0 fully saturated rings. The summed E-state index contributed by atoms with van der Waals surface area (Å²) in [5.41, 5.74) is 3.28. The molecule has 0 aliphatic rings. The summed E-state index contributed by atoms with van der Waals surface area (Å²) in [5.74, 6) is -0.575. The predicted octanol–water partition coefficient (Wildman–Crippen LogP) is 7.35. The average Bonchev–Trinajstić information content (AvgIpc) is 3.37. The van der Waals surface area contributed by atoms with Crippen LogP contribution in [-0.4, -0.2) is 26.4 Å². The summed E-state index contributed by atoms with van der Waals surface area (Å²) in [7, 11) is 0. The van der Waals surface area contributed by atoms with Crippen LogP contribution in [0.5, 0.6) is 0 Å². The van der Waals surface area contributed by atoms with Crippen molar-refractivity contribution in [1.29, 1.82) is 5.26 Å². The van der Waals surface area contributed by atoms with Crippen LogP contribution in [0, 0.1) is 17.1 Å². The number of hydrogen-bond donors (Lipinski definition) is 2. The Morgan fingerprint density at radius 3 is 2.49 bits per heavy atom. The number of aromatic nitrogens is 4. The summed E-state index contributed by atoms with van der Waals surface area (Å²) < 4.78 is 40.6. The van der Waals surface area contributed by atoms with Crippen molar-refractivity contribution in [2.45, 2.75) is 19.0 Å². The van der Waals surface area contributed by atoms with E-state index in [1.54, 1.807) is 12.1 Å². The third-order valence-corrected chi connectivity index (χ3v) is 6.43. The fraction of sp³-hybridized carbons (Fsp3) is 0.111. The summed E-state index contributed by atoms with van der Waals surface area (Å²) >= 11 is 12.6. The molecule has 0 aliphatic heterocycles. The fourth-order valence-electron chi connectivity index (χ4n) is 4.10. The van der Waals surface area contributed by atoms with Crippen molar-refractivity contribution in [1.82, 2.24) is 20.0 Å². The lowest BCUT2D eigenvalue weighted by atomic mass is 10.0. The smallest absolute Gasteiger partial charge is 0.257 e. The number of anilines is 3. The Labute approximate surface area is 230 Å². The van der Waals surface area contributed by atoms with E-state index >= 15 is 0 Å². The van der Waals surface area contributed by atoms with Gasteiger partial charge in [-0.15, -0.1) is 5.10 Å². The van der Waals surface area contributed by atoms with Crippen LogP contribution in [0.25, 0.3) is 10.9 Å². The molecule has 1 atom stereocenters. The van der Waals surface area contributed by atoms with Gasteiger partial charge in [0.25, 0.3) is 6.43 Å². The van der Waals surface area contributed by atoms with E-state index in [1.807, 2.05) is 30.3 Å². The topological polar surface area (TPSA) is 91.5 Å². The number of benzene rings is 3. The molecule has 2 N–H and O–H groups in total. The molecule has 39 heavy (non-hydrogen) atoms. The number of nitrogens with one attached hydrogen (secondary N) is 2. The highest BCUT2D eigenvalue weighted by Crippen LogP contribution is 2.37. The van der Waals surface area contributed by atoms with Crippen LogP contribution in [0.4, 0.5) is 30.2 Å². The third kappa shape index (κ3) is 5.74. The van der Waals surface area contributed by atoms with E-state index in [4.69, 9.17) is 23.2 Å². The van der Waals surface area contributed by atoms with E-state index < -0.39 is 24.8 Å². The van der Waals surface area contributed by atoms with Gasteiger partial charge in [-0.2, -0.15) is 5.26 Å². The zero-order chi connectivity index (χ0) is 27.5. The van der Waals surface area contributed by atoms with Crippen molar-refractivity contribution >= 4 is 51.2 Å². The van der Waals surface area contributed by atoms with Gasteiger partial charge in [-0.1, -0.05) is 58.7 Å². The zero-order valence-corrected chi connectivity index (χ0v) is 21.4. The maximum Gasteiger partial charge on any atom is 0.257 e. The maximum absolute atomic E-state index is 13.7. The average molecular weight is 568 g/mol. The maximum atomic E-state index is 13.7. The molecule has 2 heterocycles. The molecule has 5 rings (SSSR count). The summed E-state index contributed by atoms with van der Waals surface area (Å²) in [5, 5.41) is 24.9. The van der Waals surface area contributed by atoms with Gasteiger partial charge in [0.1, 0.15) is 24.1 Å². The van der Waals surface area contributed by atoms with E-state index in [-0.39, 0.29) is 10.6 Å². The molecule has 7 nitrogen and oxygen atoms in total. The number of rotatable bonds is 8. The largest absolute Gasteiger partial charge is 0.373 e.